The predicted molar refractivity (Wildman–Crippen MR) is 61.2 cm³/mol. The van der Waals surface area contributed by atoms with E-state index in [9.17, 15) is 0 Å². The molecule has 0 radical (unpaired) electrons. The molecule has 1 aliphatic heterocycles. The van der Waals surface area contributed by atoms with Gasteiger partial charge in [0.1, 0.15) is 0 Å². The van der Waals surface area contributed by atoms with Gasteiger partial charge in [-0.3, -0.25) is 4.90 Å². The van der Waals surface area contributed by atoms with E-state index in [1.807, 2.05) is 0 Å². The molecule has 0 aromatic carbocycles. The molecule has 4 heteroatoms. The average molecular weight is 216 g/mol. The second-order valence-corrected chi connectivity index (χ2v) is 4.05. The minimum absolute atomic E-state index is 0.665. The molecule has 0 saturated carbocycles. The van der Waals surface area contributed by atoms with E-state index in [4.69, 9.17) is 9.47 Å². The molecule has 90 valence electrons. The van der Waals surface area contributed by atoms with Crippen molar-refractivity contribution in [2.75, 3.05) is 53.1 Å². The third kappa shape index (κ3) is 5.47. The third-order valence-corrected chi connectivity index (χ3v) is 2.80. The summed E-state index contributed by atoms with van der Waals surface area (Å²) in [5, 5.41) is 3.39. The van der Waals surface area contributed by atoms with Crippen LogP contribution in [0, 0.1) is 0 Å². The Morgan fingerprint density at radius 2 is 2.20 bits per heavy atom. The molecule has 0 aromatic rings. The van der Waals surface area contributed by atoms with Crippen molar-refractivity contribution in [1.82, 2.24) is 10.2 Å². The van der Waals surface area contributed by atoms with E-state index in [-0.39, 0.29) is 0 Å². The molecule has 1 fully saturated rings. The third-order valence-electron chi connectivity index (χ3n) is 2.80. The summed E-state index contributed by atoms with van der Waals surface area (Å²) in [6.45, 7) is 9.09. The number of methoxy groups -OCH3 is 1. The van der Waals surface area contributed by atoms with E-state index in [0.29, 0.717) is 19.3 Å². The zero-order valence-electron chi connectivity index (χ0n) is 10.00. The van der Waals surface area contributed by atoms with Crippen LogP contribution in [0.15, 0.2) is 0 Å². The van der Waals surface area contributed by atoms with Crippen molar-refractivity contribution in [1.29, 1.82) is 0 Å². The van der Waals surface area contributed by atoms with Crippen LogP contribution in [0.2, 0.25) is 0 Å². The lowest BCUT2D eigenvalue weighted by molar-refractivity contribution is 0.0615. The normalized spacial score (nSPS) is 23.2. The standard InChI is InChI=1S/C11H24N2O2/c1-11-10-12-4-6-13(11)5-3-7-15-9-8-14-2/h11-12H,3-10H2,1-2H3/t11-/m1/s1. The molecule has 1 aliphatic rings. The summed E-state index contributed by atoms with van der Waals surface area (Å²) in [5.41, 5.74) is 0. The zero-order chi connectivity index (χ0) is 10.9. The van der Waals surface area contributed by atoms with Gasteiger partial charge in [-0.2, -0.15) is 0 Å². The van der Waals surface area contributed by atoms with Crippen LogP contribution in [0.1, 0.15) is 13.3 Å². The first-order valence-electron chi connectivity index (χ1n) is 5.86. The van der Waals surface area contributed by atoms with Crippen molar-refractivity contribution in [3.8, 4) is 0 Å². The summed E-state index contributed by atoms with van der Waals surface area (Å²) in [7, 11) is 1.70. The van der Waals surface area contributed by atoms with Crippen LogP contribution in [-0.2, 0) is 9.47 Å². The maximum absolute atomic E-state index is 5.43. The van der Waals surface area contributed by atoms with Gasteiger partial charge in [0.2, 0.25) is 0 Å². The maximum atomic E-state index is 5.43. The van der Waals surface area contributed by atoms with Gasteiger partial charge in [0.25, 0.3) is 0 Å². The molecule has 0 bridgehead atoms. The van der Waals surface area contributed by atoms with E-state index in [2.05, 4.69) is 17.1 Å². The lowest BCUT2D eigenvalue weighted by Crippen LogP contribution is -2.50. The van der Waals surface area contributed by atoms with Crippen LogP contribution in [-0.4, -0.2) is 64.1 Å². The Balaban J connectivity index is 1.94. The Morgan fingerprint density at radius 1 is 1.33 bits per heavy atom. The first kappa shape index (κ1) is 12.9. The molecule has 0 aromatic heterocycles. The van der Waals surface area contributed by atoms with E-state index >= 15 is 0 Å². The Kier molecular flexibility index (Phi) is 6.92. The molecule has 4 nitrogen and oxygen atoms in total. The topological polar surface area (TPSA) is 33.7 Å². The molecular weight excluding hydrogens is 192 g/mol. The average Bonchev–Trinajstić information content (AvgIpc) is 2.25. The molecule has 1 heterocycles. The van der Waals surface area contributed by atoms with Gasteiger partial charge in [0, 0.05) is 45.9 Å². The number of nitrogens with zero attached hydrogens (tertiary/aromatic N) is 1. The minimum Gasteiger partial charge on any atom is -0.382 e. The fraction of sp³-hybridized carbons (Fsp3) is 1.00. The van der Waals surface area contributed by atoms with Crippen molar-refractivity contribution in [3.05, 3.63) is 0 Å². The van der Waals surface area contributed by atoms with Crippen LogP contribution in [0.4, 0.5) is 0 Å². The van der Waals surface area contributed by atoms with Gasteiger partial charge in [-0.15, -0.1) is 0 Å². The fourth-order valence-electron chi connectivity index (χ4n) is 1.83. The van der Waals surface area contributed by atoms with Crippen molar-refractivity contribution in [3.63, 3.8) is 0 Å². The summed E-state index contributed by atoms with van der Waals surface area (Å²) in [6.07, 6.45) is 1.12. The molecule has 0 aliphatic carbocycles. The number of ether oxygens (including phenoxy) is 2. The summed E-state index contributed by atoms with van der Waals surface area (Å²) in [4.78, 5) is 2.52. The quantitative estimate of drug-likeness (QED) is 0.622. The Morgan fingerprint density at radius 3 is 2.93 bits per heavy atom. The monoisotopic (exact) mass is 216 g/mol. The van der Waals surface area contributed by atoms with E-state index in [0.717, 1.165) is 32.7 Å². The summed E-state index contributed by atoms with van der Waals surface area (Å²) < 4.78 is 10.3. The van der Waals surface area contributed by atoms with Crippen molar-refractivity contribution >= 4 is 0 Å². The Labute approximate surface area is 92.9 Å². The lowest BCUT2D eigenvalue weighted by Gasteiger charge is -2.33. The number of nitrogens with one attached hydrogen (secondary N) is 1. The fourth-order valence-corrected chi connectivity index (χ4v) is 1.83. The van der Waals surface area contributed by atoms with E-state index < -0.39 is 0 Å². The minimum atomic E-state index is 0.665. The van der Waals surface area contributed by atoms with Gasteiger partial charge in [0.15, 0.2) is 0 Å². The van der Waals surface area contributed by atoms with Crippen LogP contribution in [0.25, 0.3) is 0 Å². The Hall–Kier alpha value is -0.160. The van der Waals surface area contributed by atoms with Crippen LogP contribution in [0.3, 0.4) is 0 Å². The molecular formula is C11H24N2O2. The molecule has 15 heavy (non-hydrogen) atoms. The SMILES string of the molecule is COCCOCCCN1CCNC[C@H]1C. The molecule has 1 rings (SSSR count). The first-order chi connectivity index (χ1) is 7.34. The Bertz CT molecular complexity index is 156. The number of hydrogen-bond donors (Lipinski definition) is 1. The van der Waals surface area contributed by atoms with Gasteiger partial charge in [0.05, 0.1) is 13.2 Å². The molecule has 1 N–H and O–H groups in total. The van der Waals surface area contributed by atoms with Gasteiger partial charge in [-0.05, 0) is 13.3 Å². The predicted octanol–water partition coefficient (Wildman–Crippen LogP) is 0.333. The molecule has 0 amide bonds. The summed E-state index contributed by atoms with van der Waals surface area (Å²) in [5.74, 6) is 0. The van der Waals surface area contributed by atoms with E-state index in [1.165, 1.54) is 6.54 Å². The van der Waals surface area contributed by atoms with Gasteiger partial charge >= 0.3 is 0 Å². The zero-order valence-corrected chi connectivity index (χ0v) is 10.00. The summed E-state index contributed by atoms with van der Waals surface area (Å²) >= 11 is 0. The lowest BCUT2D eigenvalue weighted by atomic mass is 10.2. The highest BCUT2D eigenvalue weighted by Crippen LogP contribution is 2.02. The van der Waals surface area contributed by atoms with Crippen molar-refractivity contribution < 1.29 is 9.47 Å². The largest absolute Gasteiger partial charge is 0.382 e. The van der Waals surface area contributed by atoms with E-state index in [1.54, 1.807) is 7.11 Å². The molecule has 0 spiro atoms. The van der Waals surface area contributed by atoms with Crippen LogP contribution < -0.4 is 5.32 Å². The first-order valence-corrected chi connectivity index (χ1v) is 5.86. The highest BCUT2D eigenvalue weighted by molar-refractivity contribution is 4.75. The maximum Gasteiger partial charge on any atom is 0.0700 e. The van der Waals surface area contributed by atoms with Crippen LogP contribution in [0.5, 0.6) is 0 Å². The summed E-state index contributed by atoms with van der Waals surface area (Å²) in [6, 6.07) is 0.665. The second-order valence-electron chi connectivity index (χ2n) is 4.05. The second kappa shape index (κ2) is 8.05. The number of piperazine rings is 1. The van der Waals surface area contributed by atoms with Crippen LogP contribution >= 0.6 is 0 Å². The smallest absolute Gasteiger partial charge is 0.0700 e. The molecule has 1 saturated heterocycles. The van der Waals surface area contributed by atoms with Gasteiger partial charge < -0.3 is 14.8 Å². The van der Waals surface area contributed by atoms with Crippen molar-refractivity contribution in [2.45, 2.75) is 19.4 Å². The highest BCUT2D eigenvalue weighted by Gasteiger charge is 2.16. The molecule has 1 atom stereocenters. The van der Waals surface area contributed by atoms with Gasteiger partial charge in [-0.25, -0.2) is 0 Å². The molecule has 0 unspecified atom stereocenters. The van der Waals surface area contributed by atoms with Gasteiger partial charge in [-0.1, -0.05) is 0 Å². The highest BCUT2D eigenvalue weighted by atomic mass is 16.5. The van der Waals surface area contributed by atoms with Crippen molar-refractivity contribution in [2.24, 2.45) is 0 Å². The number of rotatable bonds is 7. The number of hydrogen-bond acceptors (Lipinski definition) is 4.